The minimum absolute atomic E-state index is 0.0548. The van der Waals surface area contributed by atoms with Crippen molar-refractivity contribution in [2.45, 2.75) is 13.0 Å². The third-order valence-electron chi connectivity index (χ3n) is 3.79. The molecule has 0 unspecified atom stereocenters. The molecule has 0 aliphatic heterocycles. The maximum Gasteiger partial charge on any atom is 0.307 e. The van der Waals surface area contributed by atoms with E-state index in [1.54, 1.807) is 18.3 Å². The highest BCUT2D eigenvalue weighted by atomic mass is 16.5. The molecular formula is C20H18N2O3. The van der Waals surface area contributed by atoms with E-state index < -0.39 is 5.97 Å². The molecule has 25 heavy (non-hydrogen) atoms. The zero-order valence-corrected chi connectivity index (χ0v) is 13.6. The van der Waals surface area contributed by atoms with Gasteiger partial charge in [-0.25, -0.2) is 4.98 Å². The quantitative estimate of drug-likeness (QED) is 0.720. The third-order valence-corrected chi connectivity index (χ3v) is 3.79. The Morgan fingerprint density at radius 1 is 1.08 bits per heavy atom. The lowest BCUT2D eigenvalue weighted by atomic mass is 9.99. The van der Waals surface area contributed by atoms with Crippen LogP contribution in [0.1, 0.15) is 11.1 Å². The molecule has 0 radical (unpaired) electrons. The molecule has 2 aromatic carbocycles. The summed E-state index contributed by atoms with van der Waals surface area (Å²) in [4.78, 5) is 15.3. The van der Waals surface area contributed by atoms with Crippen molar-refractivity contribution in [3.8, 4) is 16.9 Å². The molecular weight excluding hydrogens is 316 g/mol. The number of anilines is 1. The van der Waals surface area contributed by atoms with Crippen molar-refractivity contribution in [3.63, 3.8) is 0 Å². The standard InChI is InChI=1S/C20H18N2O3/c21-20-18(25-13-14-6-2-1-3-7-14)10-16(12-22-20)17-9-5-4-8-15(17)11-19(23)24/h1-10,12H,11,13H2,(H2,21,22)(H,23,24). The average molecular weight is 334 g/mol. The molecule has 5 heteroatoms. The van der Waals surface area contributed by atoms with Gasteiger partial charge in [0.2, 0.25) is 0 Å². The number of aromatic nitrogens is 1. The van der Waals surface area contributed by atoms with Gasteiger partial charge in [-0.15, -0.1) is 0 Å². The fourth-order valence-corrected chi connectivity index (χ4v) is 2.57. The van der Waals surface area contributed by atoms with E-state index >= 15 is 0 Å². The topological polar surface area (TPSA) is 85.4 Å². The van der Waals surface area contributed by atoms with Gasteiger partial charge < -0.3 is 15.6 Å². The summed E-state index contributed by atoms with van der Waals surface area (Å²) in [6.07, 6.45) is 1.58. The van der Waals surface area contributed by atoms with Gasteiger partial charge in [-0.2, -0.15) is 0 Å². The number of rotatable bonds is 6. The summed E-state index contributed by atoms with van der Waals surface area (Å²) in [6, 6.07) is 18.9. The van der Waals surface area contributed by atoms with Crippen LogP contribution in [0.25, 0.3) is 11.1 Å². The van der Waals surface area contributed by atoms with Crippen molar-refractivity contribution >= 4 is 11.8 Å². The first kappa shape index (κ1) is 16.5. The maximum absolute atomic E-state index is 11.1. The second-order valence-electron chi connectivity index (χ2n) is 5.61. The molecule has 3 aromatic rings. The highest BCUT2D eigenvalue weighted by molar-refractivity contribution is 5.77. The highest BCUT2D eigenvalue weighted by Crippen LogP contribution is 2.30. The summed E-state index contributed by atoms with van der Waals surface area (Å²) in [5, 5.41) is 9.09. The Kier molecular flexibility index (Phi) is 4.95. The lowest BCUT2D eigenvalue weighted by molar-refractivity contribution is -0.136. The van der Waals surface area contributed by atoms with Crippen LogP contribution in [-0.4, -0.2) is 16.1 Å². The maximum atomic E-state index is 11.1. The van der Waals surface area contributed by atoms with Gasteiger partial charge in [0.15, 0.2) is 11.6 Å². The van der Waals surface area contributed by atoms with Crippen LogP contribution in [0.5, 0.6) is 5.75 Å². The SMILES string of the molecule is Nc1ncc(-c2ccccc2CC(=O)O)cc1OCc1ccccc1. The number of nitrogens with zero attached hydrogens (tertiary/aromatic N) is 1. The Morgan fingerprint density at radius 2 is 1.80 bits per heavy atom. The van der Waals surface area contributed by atoms with Crippen molar-refractivity contribution in [2.24, 2.45) is 0 Å². The largest absolute Gasteiger partial charge is 0.485 e. The van der Waals surface area contributed by atoms with Gasteiger partial charge in [-0.1, -0.05) is 54.6 Å². The molecule has 0 saturated carbocycles. The molecule has 0 aliphatic carbocycles. The normalized spacial score (nSPS) is 10.4. The smallest absolute Gasteiger partial charge is 0.307 e. The number of benzene rings is 2. The molecule has 126 valence electrons. The minimum atomic E-state index is -0.878. The Hall–Kier alpha value is -3.34. The fourth-order valence-electron chi connectivity index (χ4n) is 2.57. The zero-order chi connectivity index (χ0) is 17.6. The molecule has 0 bridgehead atoms. The molecule has 0 aliphatic rings. The summed E-state index contributed by atoms with van der Waals surface area (Å²) in [7, 11) is 0. The number of nitrogen functional groups attached to an aromatic ring is 1. The lowest BCUT2D eigenvalue weighted by Gasteiger charge is -2.12. The van der Waals surface area contributed by atoms with Crippen molar-refractivity contribution in [2.75, 3.05) is 5.73 Å². The Labute approximate surface area is 145 Å². The molecule has 0 saturated heterocycles. The molecule has 5 nitrogen and oxygen atoms in total. The van der Waals surface area contributed by atoms with Crippen LogP contribution < -0.4 is 10.5 Å². The number of carbonyl (C=O) groups is 1. The van der Waals surface area contributed by atoms with E-state index in [4.69, 9.17) is 15.6 Å². The lowest BCUT2D eigenvalue weighted by Crippen LogP contribution is -2.03. The van der Waals surface area contributed by atoms with Gasteiger partial charge in [-0.3, -0.25) is 4.79 Å². The van der Waals surface area contributed by atoms with Crippen LogP contribution in [-0.2, 0) is 17.8 Å². The molecule has 0 spiro atoms. The number of pyridine rings is 1. The average Bonchev–Trinajstić information content (AvgIpc) is 2.62. The number of carboxylic acids is 1. The Morgan fingerprint density at radius 3 is 2.56 bits per heavy atom. The van der Waals surface area contributed by atoms with E-state index in [9.17, 15) is 4.79 Å². The first-order valence-electron chi connectivity index (χ1n) is 7.86. The minimum Gasteiger partial charge on any atom is -0.485 e. The zero-order valence-electron chi connectivity index (χ0n) is 13.6. The van der Waals surface area contributed by atoms with Crippen LogP contribution >= 0.6 is 0 Å². The number of hydrogen-bond acceptors (Lipinski definition) is 4. The van der Waals surface area contributed by atoms with E-state index in [1.807, 2.05) is 48.5 Å². The van der Waals surface area contributed by atoms with Gasteiger partial charge in [0, 0.05) is 11.8 Å². The molecule has 0 fully saturated rings. The van der Waals surface area contributed by atoms with E-state index in [-0.39, 0.29) is 6.42 Å². The van der Waals surface area contributed by atoms with Gasteiger partial charge >= 0.3 is 5.97 Å². The van der Waals surface area contributed by atoms with E-state index in [2.05, 4.69) is 4.98 Å². The molecule has 1 heterocycles. The van der Waals surface area contributed by atoms with Crippen molar-refractivity contribution in [1.82, 2.24) is 4.98 Å². The van der Waals surface area contributed by atoms with Gasteiger partial charge in [-0.05, 0) is 22.8 Å². The predicted molar refractivity (Wildman–Crippen MR) is 96.2 cm³/mol. The number of ether oxygens (including phenoxy) is 1. The highest BCUT2D eigenvalue weighted by Gasteiger charge is 2.11. The van der Waals surface area contributed by atoms with Crippen LogP contribution in [0.4, 0.5) is 5.82 Å². The predicted octanol–water partition coefficient (Wildman–Crippen LogP) is 3.54. The summed E-state index contributed by atoms with van der Waals surface area (Å²) in [5.41, 5.74) is 9.24. The van der Waals surface area contributed by atoms with Crippen molar-refractivity contribution in [3.05, 3.63) is 78.0 Å². The Bertz CT molecular complexity index is 879. The van der Waals surface area contributed by atoms with Crippen LogP contribution in [0.3, 0.4) is 0 Å². The summed E-state index contributed by atoms with van der Waals surface area (Å²) in [5.74, 6) is -0.0988. The van der Waals surface area contributed by atoms with E-state index in [0.717, 1.165) is 22.3 Å². The molecule has 1 aromatic heterocycles. The summed E-state index contributed by atoms with van der Waals surface area (Å²) < 4.78 is 5.80. The monoisotopic (exact) mass is 334 g/mol. The first-order chi connectivity index (χ1) is 12.1. The van der Waals surface area contributed by atoms with Gasteiger partial charge in [0.1, 0.15) is 6.61 Å². The van der Waals surface area contributed by atoms with Crippen molar-refractivity contribution < 1.29 is 14.6 Å². The molecule has 0 atom stereocenters. The van der Waals surface area contributed by atoms with Gasteiger partial charge in [0.25, 0.3) is 0 Å². The number of aliphatic carboxylic acids is 1. The summed E-state index contributed by atoms with van der Waals surface area (Å²) in [6.45, 7) is 0.382. The van der Waals surface area contributed by atoms with Crippen LogP contribution in [0.15, 0.2) is 66.9 Å². The molecule has 0 amide bonds. The first-order valence-corrected chi connectivity index (χ1v) is 7.86. The number of nitrogens with two attached hydrogens (primary N) is 1. The number of hydrogen-bond donors (Lipinski definition) is 2. The second-order valence-corrected chi connectivity index (χ2v) is 5.61. The van der Waals surface area contributed by atoms with Crippen LogP contribution in [0, 0.1) is 0 Å². The second kappa shape index (κ2) is 7.49. The Balaban J connectivity index is 1.88. The fraction of sp³-hybridized carbons (Fsp3) is 0.100. The third kappa shape index (κ3) is 4.14. The van der Waals surface area contributed by atoms with E-state index in [1.165, 1.54) is 0 Å². The van der Waals surface area contributed by atoms with Crippen LogP contribution in [0.2, 0.25) is 0 Å². The molecule has 3 rings (SSSR count). The van der Waals surface area contributed by atoms with E-state index in [0.29, 0.717) is 18.2 Å². The summed E-state index contributed by atoms with van der Waals surface area (Å²) >= 11 is 0. The molecule has 3 N–H and O–H groups in total. The van der Waals surface area contributed by atoms with Crippen molar-refractivity contribution in [1.29, 1.82) is 0 Å². The number of carboxylic acid groups (broad SMARTS) is 1. The van der Waals surface area contributed by atoms with Gasteiger partial charge in [0.05, 0.1) is 6.42 Å².